The van der Waals surface area contributed by atoms with Gasteiger partial charge in [-0.1, -0.05) is 0 Å². The Kier molecular flexibility index (Phi) is 4.64. The van der Waals surface area contributed by atoms with Crippen molar-refractivity contribution < 1.29 is 21.8 Å². The number of halogens is 4. The maximum Gasteiger partial charge on any atom is 0.403 e. The Morgan fingerprint density at radius 3 is 2.18 bits per heavy atom. The summed E-state index contributed by atoms with van der Waals surface area (Å²) in [7, 11) is -2.27. The van der Waals surface area contributed by atoms with Crippen LogP contribution in [0.3, 0.4) is 0 Å². The van der Waals surface area contributed by atoms with Crippen molar-refractivity contribution in [3.8, 4) is 0 Å². The predicted octanol–water partition coefficient (Wildman–Crippen LogP) is 2.21. The Labute approximate surface area is 98.3 Å². The third kappa shape index (κ3) is 3.78. The highest BCUT2D eigenvalue weighted by molar-refractivity contribution is 7.85. The molecule has 96 valence electrons. The van der Waals surface area contributed by atoms with E-state index < -0.39 is 34.5 Å². The van der Waals surface area contributed by atoms with Crippen LogP contribution < -0.4 is 5.73 Å². The van der Waals surface area contributed by atoms with E-state index in [0.29, 0.717) is 0 Å². The summed E-state index contributed by atoms with van der Waals surface area (Å²) in [6.45, 7) is -0.211. The summed E-state index contributed by atoms with van der Waals surface area (Å²) < 4.78 is 62.1. The third-order valence-electron chi connectivity index (χ3n) is 2.10. The fourth-order valence-corrected chi connectivity index (χ4v) is 2.60. The van der Waals surface area contributed by atoms with Crippen LogP contribution in [0.25, 0.3) is 0 Å². The van der Waals surface area contributed by atoms with E-state index in [9.17, 15) is 21.8 Å². The van der Waals surface area contributed by atoms with Crippen molar-refractivity contribution in [2.45, 2.75) is 22.7 Å². The van der Waals surface area contributed by atoms with Gasteiger partial charge in [-0.15, -0.1) is 0 Å². The standard InChI is InChI=1S/C10H11F4NOS/c11-7-1-3-8(4-2-7)17(16)9(5-6-15)10(12,13)14/h1-4,9H,5-6,15H2. The van der Waals surface area contributed by atoms with Gasteiger partial charge in [0, 0.05) is 4.90 Å². The lowest BCUT2D eigenvalue weighted by Crippen LogP contribution is -2.35. The van der Waals surface area contributed by atoms with Gasteiger partial charge in [0.2, 0.25) is 0 Å². The fraction of sp³-hybridized carbons (Fsp3) is 0.400. The summed E-state index contributed by atoms with van der Waals surface area (Å²) in [5, 5.41) is -2.02. The van der Waals surface area contributed by atoms with Crippen LogP contribution in [0, 0.1) is 5.82 Å². The molecule has 0 bridgehead atoms. The predicted molar refractivity (Wildman–Crippen MR) is 56.3 cm³/mol. The van der Waals surface area contributed by atoms with Gasteiger partial charge in [-0.05, 0) is 37.2 Å². The molecule has 1 aromatic carbocycles. The first-order valence-corrected chi connectivity index (χ1v) is 6.00. The molecule has 0 radical (unpaired) electrons. The molecule has 2 unspecified atom stereocenters. The molecule has 2 N–H and O–H groups in total. The summed E-state index contributed by atoms with van der Waals surface area (Å²) in [6.07, 6.45) is -5.01. The van der Waals surface area contributed by atoms with Gasteiger partial charge in [0.25, 0.3) is 0 Å². The number of benzene rings is 1. The topological polar surface area (TPSA) is 43.1 Å². The number of nitrogens with two attached hydrogens (primary N) is 1. The Bertz CT molecular complexity index is 390. The van der Waals surface area contributed by atoms with Crippen molar-refractivity contribution in [1.82, 2.24) is 0 Å². The zero-order valence-electron chi connectivity index (χ0n) is 8.71. The molecule has 0 saturated heterocycles. The lowest BCUT2D eigenvalue weighted by Gasteiger charge is -2.18. The molecule has 0 aliphatic carbocycles. The molecule has 0 aromatic heterocycles. The van der Waals surface area contributed by atoms with Crippen LogP contribution in [0.4, 0.5) is 17.6 Å². The van der Waals surface area contributed by atoms with Crippen LogP contribution in [-0.4, -0.2) is 22.2 Å². The van der Waals surface area contributed by atoms with Crippen LogP contribution in [0.2, 0.25) is 0 Å². The Balaban J connectivity index is 2.96. The molecule has 0 amide bonds. The van der Waals surface area contributed by atoms with E-state index in [1.807, 2.05) is 0 Å². The number of rotatable bonds is 4. The van der Waals surface area contributed by atoms with Crippen molar-refractivity contribution in [2.75, 3.05) is 6.54 Å². The average molecular weight is 269 g/mol. The van der Waals surface area contributed by atoms with Gasteiger partial charge < -0.3 is 5.73 Å². The molecule has 2 atom stereocenters. The highest BCUT2D eigenvalue weighted by atomic mass is 32.2. The lowest BCUT2D eigenvalue weighted by molar-refractivity contribution is -0.130. The molecule has 0 heterocycles. The molecular formula is C10H11F4NOS. The highest BCUT2D eigenvalue weighted by Crippen LogP contribution is 2.29. The van der Waals surface area contributed by atoms with E-state index in [1.54, 1.807) is 0 Å². The first kappa shape index (κ1) is 14.1. The van der Waals surface area contributed by atoms with Gasteiger partial charge in [0.15, 0.2) is 0 Å². The molecule has 0 fully saturated rings. The van der Waals surface area contributed by atoms with Crippen molar-refractivity contribution in [1.29, 1.82) is 0 Å². The van der Waals surface area contributed by atoms with E-state index >= 15 is 0 Å². The van der Waals surface area contributed by atoms with E-state index in [0.717, 1.165) is 24.3 Å². The quantitative estimate of drug-likeness (QED) is 0.852. The molecule has 0 aliphatic heterocycles. The largest absolute Gasteiger partial charge is 0.403 e. The van der Waals surface area contributed by atoms with Gasteiger partial charge in [-0.25, -0.2) is 4.39 Å². The maximum absolute atomic E-state index is 12.6. The van der Waals surface area contributed by atoms with E-state index in [-0.39, 0.29) is 11.4 Å². The van der Waals surface area contributed by atoms with Gasteiger partial charge in [-0.3, -0.25) is 4.21 Å². The molecular weight excluding hydrogens is 258 g/mol. The summed E-state index contributed by atoms with van der Waals surface area (Å²) in [5.41, 5.74) is 5.07. The second kappa shape index (κ2) is 5.59. The SMILES string of the molecule is NCCC(S(=O)c1ccc(F)cc1)C(F)(F)F. The molecule has 0 aliphatic rings. The zero-order chi connectivity index (χ0) is 13.1. The van der Waals surface area contributed by atoms with Crippen LogP contribution in [0.1, 0.15) is 6.42 Å². The summed E-state index contributed by atoms with van der Waals surface area (Å²) in [5.74, 6) is -0.590. The summed E-state index contributed by atoms with van der Waals surface area (Å²) in [6, 6.07) is 4.12. The second-order valence-electron chi connectivity index (χ2n) is 3.36. The maximum atomic E-state index is 12.6. The van der Waals surface area contributed by atoms with Gasteiger partial charge in [-0.2, -0.15) is 13.2 Å². The Morgan fingerprint density at radius 1 is 1.24 bits per heavy atom. The van der Waals surface area contributed by atoms with Crippen LogP contribution in [-0.2, 0) is 10.8 Å². The second-order valence-corrected chi connectivity index (χ2v) is 4.99. The minimum Gasteiger partial charge on any atom is -0.330 e. The zero-order valence-corrected chi connectivity index (χ0v) is 9.52. The molecule has 1 aromatic rings. The van der Waals surface area contributed by atoms with Gasteiger partial charge in [0.05, 0.1) is 10.8 Å². The average Bonchev–Trinajstić information content (AvgIpc) is 2.24. The number of alkyl halides is 3. The minimum absolute atomic E-state index is 0.0535. The summed E-state index contributed by atoms with van der Waals surface area (Å²) >= 11 is 0. The fourth-order valence-electron chi connectivity index (χ4n) is 1.28. The summed E-state index contributed by atoms with van der Waals surface area (Å²) in [4.78, 5) is -0.0535. The highest BCUT2D eigenvalue weighted by Gasteiger charge is 2.43. The first-order valence-electron chi connectivity index (χ1n) is 4.79. The van der Waals surface area contributed by atoms with Crippen LogP contribution >= 0.6 is 0 Å². The van der Waals surface area contributed by atoms with E-state index in [2.05, 4.69) is 0 Å². The van der Waals surface area contributed by atoms with Crippen molar-refractivity contribution in [2.24, 2.45) is 5.73 Å². The number of hydrogen-bond acceptors (Lipinski definition) is 2. The minimum atomic E-state index is -4.58. The Hall–Kier alpha value is -0.950. The smallest absolute Gasteiger partial charge is 0.330 e. The molecule has 1 rings (SSSR count). The van der Waals surface area contributed by atoms with Crippen LogP contribution in [0.15, 0.2) is 29.2 Å². The monoisotopic (exact) mass is 269 g/mol. The van der Waals surface area contributed by atoms with E-state index in [4.69, 9.17) is 5.73 Å². The van der Waals surface area contributed by atoms with Crippen molar-refractivity contribution in [3.63, 3.8) is 0 Å². The lowest BCUT2D eigenvalue weighted by atomic mass is 10.3. The third-order valence-corrected chi connectivity index (χ3v) is 3.85. The van der Waals surface area contributed by atoms with Crippen LogP contribution in [0.5, 0.6) is 0 Å². The molecule has 7 heteroatoms. The van der Waals surface area contributed by atoms with Crippen molar-refractivity contribution in [3.05, 3.63) is 30.1 Å². The normalized spacial score (nSPS) is 15.6. The van der Waals surface area contributed by atoms with Gasteiger partial charge >= 0.3 is 6.18 Å². The molecule has 0 saturated carbocycles. The first-order chi connectivity index (χ1) is 7.86. The van der Waals surface area contributed by atoms with Gasteiger partial charge in [0.1, 0.15) is 11.1 Å². The number of hydrogen-bond donors (Lipinski definition) is 1. The van der Waals surface area contributed by atoms with E-state index in [1.165, 1.54) is 0 Å². The molecule has 2 nitrogen and oxygen atoms in total. The van der Waals surface area contributed by atoms with Crippen molar-refractivity contribution >= 4 is 10.8 Å². The Morgan fingerprint density at radius 2 is 1.76 bits per heavy atom. The molecule has 17 heavy (non-hydrogen) atoms. The molecule has 0 spiro atoms.